The Morgan fingerprint density at radius 3 is 1.17 bits per heavy atom. The largest absolute Gasteiger partial charge is 0.462 e. The highest BCUT2D eigenvalue weighted by Gasteiger charge is 2.19. The predicted molar refractivity (Wildman–Crippen MR) is 173 cm³/mol. The topological polar surface area (TPSA) is 78.9 Å². The van der Waals surface area contributed by atoms with Crippen molar-refractivity contribution in [3.63, 3.8) is 0 Å². The van der Waals surface area contributed by atoms with E-state index in [1.165, 1.54) is 77.0 Å². The first-order valence-corrected chi connectivity index (χ1v) is 17.9. The van der Waals surface area contributed by atoms with Crippen LogP contribution in [0.2, 0.25) is 0 Å². The van der Waals surface area contributed by atoms with Gasteiger partial charge in [0, 0.05) is 19.3 Å². The van der Waals surface area contributed by atoms with E-state index in [0.717, 1.165) is 70.1 Å². The van der Waals surface area contributed by atoms with Gasteiger partial charge in [-0.05, 0) is 25.2 Å². The highest BCUT2D eigenvalue weighted by molar-refractivity contribution is 5.71. The summed E-state index contributed by atoms with van der Waals surface area (Å²) in [4.78, 5) is 37.0. The van der Waals surface area contributed by atoms with E-state index < -0.39 is 6.10 Å². The summed E-state index contributed by atoms with van der Waals surface area (Å²) < 4.78 is 16.4. The van der Waals surface area contributed by atoms with Crippen LogP contribution in [0.4, 0.5) is 0 Å². The number of rotatable bonds is 31. The van der Waals surface area contributed by atoms with Gasteiger partial charge in [-0.3, -0.25) is 14.4 Å². The molecule has 0 aliphatic carbocycles. The van der Waals surface area contributed by atoms with Crippen molar-refractivity contribution in [1.29, 1.82) is 0 Å². The van der Waals surface area contributed by atoms with Crippen LogP contribution >= 0.6 is 0 Å². The van der Waals surface area contributed by atoms with Crippen LogP contribution in [0.3, 0.4) is 0 Å². The van der Waals surface area contributed by atoms with Crippen LogP contribution in [0, 0.1) is 5.92 Å². The smallest absolute Gasteiger partial charge is 0.306 e. The summed E-state index contributed by atoms with van der Waals surface area (Å²) in [6.45, 7) is 8.80. The van der Waals surface area contributed by atoms with Crippen molar-refractivity contribution in [3.8, 4) is 0 Å². The standard InChI is InChI=1S/C36H68O6/c1-5-7-9-11-12-13-16-20-24-28-35(38)41-31-33(30-40-34(37)27-23-18-10-8-6-2)42-36(39)29-25-21-17-14-15-19-22-26-32(3)4/h32-33H,5-31H2,1-4H3/t33-/m1/s1. The lowest BCUT2D eigenvalue weighted by molar-refractivity contribution is -0.167. The van der Waals surface area contributed by atoms with E-state index in [2.05, 4.69) is 27.7 Å². The summed E-state index contributed by atoms with van der Waals surface area (Å²) in [5.74, 6) is -0.110. The van der Waals surface area contributed by atoms with E-state index in [0.29, 0.717) is 19.3 Å². The fourth-order valence-electron chi connectivity index (χ4n) is 5.04. The molecule has 6 nitrogen and oxygen atoms in total. The van der Waals surface area contributed by atoms with E-state index in [4.69, 9.17) is 14.2 Å². The predicted octanol–water partition coefficient (Wildman–Crippen LogP) is 10.4. The van der Waals surface area contributed by atoms with Crippen molar-refractivity contribution < 1.29 is 28.6 Å². The van der Waals surface area contributed by atoms with Gasteiger partial charge in [0.25, 0.3) is 0 Å². The molecule has 0 aromatic carbocycles. The first-order chi connectivity index (χ1) is 20.4. The molecule has 0 saturated carbocycles. The van der Waals surface area contributed by atoms with Crippen molar-refractivity contribution in [2.45, 2.75) is 194 Å². The minimum Gasteiger partial charge on any atom is -0.462 e. The monoisotopic (exact) mass is 597 g/mol. The lowest BCUT2D eigenvalue weighted by Crippen LogP contribution is -2.30. The fraction of sp³-hybridized carbons (Fsp3) is 0.917. The van der Waals surface area contributed by atoms with Crippen LogP contribution in [-0.4, -0.2) is 37.2 Å². The highest BCUT2D eigenvalue weighted by atomic mass is 16.6. The molecule has 0 rings (SSSR count). The van der Waals surface area contributed by atoms with Gasteiger partial charge in [-0.25, -0.2) is 0 Å². The zero-order chi connectivity index (χ0) is 31.1. The molecule has 248 valence electrons. The van der Waals surface area contributed by atoms with Gasteiger partial charge in [-0.1, -0.05) is 150 Å². The number of esters is 3. The molecule has 0 radical (unpaired) electrons. The van der Waals surface area contributed by atoms with Gasteiger partial charge in [0.1, 0.15) is 13.2 Å². The molecule has 0 aliphatic rings. The molecule has 0 aromatic rings. The average Bonchev–Trinajstić information content (AvgIpc) is 2.96. The number of hydrogen-bond acceptors (Lipinski definition) is 6. The van der Waals surface area contributed by atoms with Crippen LogP contribution < -0.4 is 0 Å². The van der Waals surface area contributed by atoms with Crippen LogP contribution in [-0.2, 0) is 28.6 Å². The Morgan fingerprint density at radius 2 is 0.786 bits per heavy atom. The Bertz CT molecular complexity index is 632. The number of carbonyl (C=O) groups excluding carboxylic acids is 3. The molecule has 0 spiro atoms. The first kappa shape index (κ1) is 40.4. The fourth-order valence-corrected chi connectivity index (χ4v) is 5.04. The molecule has 0 aromatic heterocycles. The maximum absolute atomic E-state index is 12.5. The third kappa shape index (κ3) is 29.9. The van der Waals surface area contributed by atoms with E-state index in [1.54, 1.807) is 0 Å². The maximum Gasteiger partial charge on any atom is 0.306 e. The summed E-state index contributed by atoms with van der Waals surface area (Å²) >= 11 is 0. The zero-order valence-electron chi connectivity index (χ0n) is 28.2. The molecule has 0 N–H and O–H groups in total. The van der Waals surface area contributed by atoms with E-state index >= 15 is 0 Å². The van der Waals surface area contributed by atoms with Crippen LogP contribution in [0.1, 0.15) is 188 Å². The summed E-state index contributed by atoms with van der Waals surface area (Å²) in [5.41, 5.74) is 0. The highest BCUT2D eigenvalue weighted by Crippen LogP contribution is 2.14. The molecule has 0 unspecified atom stereocenters. The summed E-state index contributed by atoms with van der Waals surface area (Å²) in [6, 6.07) is 0. The molecule has 1 atom stereocenters. The van der Waals surface area contributed by atoms with Gasteiger partial charge in [-0.15, -0.1) is 0 Å². The van der Waals surface area contributed by atoms with Gasteiger partial charge in [0.2, 0.25) is 0 Å². The Hall–Kier alpha value is -1.59. The van der Waals surface area contributed by atoms with Crippen LogP contribution in [0.25, 0.3) is 0 Å². The third-order valence-corrected chi connectivity index (χ3v) is 7.79. The second kappa shape index (κ2) is 30.9. The van der Waals surface area contributed by atoms with Crippen molar-refractivity contribution >= 4 is 17.9 Å². The lowest BCUT2D eigenvalue weighted by atomic mass is 10.0. The minimum absolute atomic E-state index is 0.0673. The number of unbranched alkanes of at least 4 members (excludes halogenated alkanes) is 18. The van der Waals surface area contributed by atoms with Gasteiger partial charge in [-0.2, -0.15) is 0 Å². The molecule has 6 heteroatoms. The van der Waals surface area contributed by atoms with Crippen LogP contribution in [0.15, 0.2) is 0 Å². The van der Waals surface area contributed by atoms with E-state index in [1.807, 2.05) is 0 Å². The summed E-state index contributed by atoms with van der Waals surface area (Å²) in [7, 11) is 0. The molecule has 0 amide bonds. The van der Waals surface area contributed by atoms with Gasteiger partial charge >= 0.3 is 17.9 Å². The van der Waals surface area contributed by atoms with Gasteiger partial charge in [0.05, 0.1) is 0 Å². The van der Waals surface area contributed by atoms with Gasteiger partial charge in [0.15, 0.2) is 6.10 Å². The van der Waals surface area contributed by atoms with Crippen molar-refractivity contribution in [1.82, 2.24) is 0 Å². The lowest BCUT2D eigenvalue weighted by Gasteiger charge is -2.18. The zero-order valence-corrected chi connectivity index (χ0v) is 28.2. The first-order valence-electron chi connectivity index (χ1n) is 17.9. The third-order valence-electron chi connectivity index (χ3n) is 7.79. The average molecular weight is 597 g/mol. The van der Waals surface area contributed by atoms with Crippen LogP contribution in [0.5, 0.6) is 0 Å². The number of hydrogen-bond donors (Lipinski definition) is 0. The molecular weight excluding hydrogens is 528 g/mol. The Balaban J connectivity index is 4.32. The maximum atomic E-state index is 12.5. The second-order valence-corrected chi connectivity index (χ2v) is 12.6. The Kier molecular flexibility index (Phi) is 29.7. The molecule has 0 bridgehead atoms. The number of ether oxygens (including phenoxy) is 3. The molecule has 0 saturated heterocycles. The van der Waals surface area contributed by atoms with Crippen molar-refractivity contribution in [2.75, 3.05) is 13.2 Å². The van der Waals surface area contributed by atoms with E-state index in [9.17, 15) is 14.4 Å². The normalized spacial score (nSPS) is 11.9. The van der Waals surface area contributed by atoms with Crippen molar-refractivity contribution in [3.05, 3.63) is 0 Å². The summed E-state index contributed by atoms with van der Waals surface area (Å²) in [6.07, 6.45) is 25.5. The molecule has 0 aliphatic heterocycles. The summed E-state index contributed by atoms with van der Waals surface area (Å²) in [5, 5.41) is 0. The molecule has 42 heavy (non-hydrogen) atoms. The SMILES string of the molecule is CCCCCCCCCCCC(=O)OC[C@@H](COC(=O)CCCCCCC)OC(=O)CCCCCCCCCC(C)C. The van der Waals surface area contributed by atoms with E-state index in [-0.39, 0.29) is 31.1 Å². The number of carbonyl (C=O) groups is 3. The Morgan fingerprint density at radius 1 is 0.452 bits per heavy atom. The molecular formula is C36H68O6. The molecule has 0 heterocycles. The quantitative estimate of drug-likeness (QED) is 0.0450. The Labute approximate surface area is 259 Å². The molecule has 0 fully saturated rings. The van der Waals surface area contributed by atoms with Crippen molar-refractivity contribution in [2.24, 2.45) is 5.92 Å². The van der Waals surface area contributed by atoms with Gasteiger partial charge < -0.3 is 14.2 Å². The second-order valence-electron chi connectivity index (χ2n) is 12.6. The minimum atomic E-state index is -0.755.